The molecule has 2 nitrogen and oxygen atoms in total. The summed E-state index contributed by atoms with van der Waals surface area (Å²) >= 11 is 0. The minimum Gasteiger partial charge on any atom is -0.456 e. The van der Waals surface area contributed by atoms with Crippen LogP contribution in [0.15, 0.2) is 180 Å². The van der Waals surface area contributed by atoms with E-state index in [2.05, 4.69) is 210 Å². The van der Waals surface area contributed by atoms with E-state index in [1.165, 1.54) is 44.2 Å². The number of hydrogen-bond donors (Lipinski definition) is 0. The van der Waals surface area contributed by atoms with E-state index in [1.54, 1.807) is 0 Å². The molecule has 9 aromatic rings. The molecule has 1 aromatic heterocycles. The zero-order chi connectivity index (χ0) is 38.6. The SMILES string of the molecule is CC(C)(C)c1cc(N(c2ccccc2-c2ccc3oc4ccccc4c3c2)c2ccccc2-c2cccc3cccc(-c4ccccc4)c23)cc(C(C)(C)C)c1. The smallest absolute Gasteiger partial charge is 0.135 e. The van der Waals surface area contributed by atoms with Gasteiger partial charge >= 0.3 is 0 Å². The van der Waals surface area contributed by atoms with Crippen molar-refractivity contribution in [3.8, 4) is 33.4 Å². The molecule has 9 rings (SSSR count). The van der Waals surface area contributed by atoms with Crippen LogP contribution in [0.25, 0.3) is 66.1 Å². The molecule has 0 atom stereocenters. The van der Waals surface area contributed by atoms with E-state index in [0.29, 0.717) is 0 Å². The molecule has 0 aliphatic heterocycles. The molecule has 0 aliphatic rings. The van der Waals surface area contributed by atoms with E-state index < -0.39 is 0 Å². The van der Waals surface area contributed by atoms with Crippen molar-refractivity contribution in [2.75, 3.05) is 4.90 Å². The molecule has 0 spiro atoms. The Morgan fingerprint density at radius 3 is 1.64 bits per heavy atom. The Bertz CT molecular complexity index is 2840. The summed E-state index contributed by atoms with van der Waals surface area (Å²) < 4.78 is 6.28. The van der Waals surface area contributed by atoms with Crippen LogP contribution in [0, 0.1) is 0 Å². The average molecular weight is 726 g/mol. The molecule has 0 amide bonds. The standard InChI is InChI=1S/C54H47NO/c1-53(2,3)39-33-40(54(4,5)6)35-41(34-39)55(48-27-13-10-22-42(48)38-30-31-51-47(32-38)45-24-12-15-29-50(45)56-51)49-28-14-11-23-44(49)46-26-17-21-37-20-16-25-43(52(37)46)36-18-8-7-9-19-36/h7-35H,1-6H3. The minimum atomic E-state index is -0.0612. The van der Waals surface area contributed by atoms with Crippen molar-refractivity contribution in [1.29, 1.82) is 0 Å². The monoisotopic (exact) mass is 725 g/mol. The van der Waals surface area contributed by atoms with Gasteiger partial charge in [0, 0.05) is 27.6 Å². The summed E-state index contributed by atoms with van der Waals surface area (Å²) in [5.41, 5.74) is 14.8. The molecular weight excluding hydrogens is 679 g/mol. The molecule has 0 radical (unpaired) electrons. The molecule has 2 heteroatoms. The zero-order valence-corrected chi connectivity index (χ0v) is 33.1. The number of anilines is 3. The average Bonchev–Trinajstić information content (AvgIpc) is 3.58. The molecule has 1 heterocycles. The highest BCUT2D eigenvalue weighted by Crippen LogP contribution is 2.49. The lowest BCUT2D eigenvalue weighted by molar-refractivity contribution is 0.569. The fourth-order valence-electron chi connectivity index (χ4n) is 8.14. The highest BCUT2D eigenvalue weighted by molar-refractivity contribution is 6.10. The van der Waals surface area contributed by atoms with Crippen molar-refractivity contribution in [3.05, 3.63) is 187 Å². The fraction of sp³-hybridized carbons (Fsp3) is 0.148. The Kier molecular flexibility index (Phi) is 8.66. The summed E-state index contributed by atoms with van der Waals surface area (Å²) in [5.74, 6) is 0. The molecule has 274 valence electrons. The van der Waals surface area contributed by atoms with Crippen molar-refractivity contribution >= 4 is 49.8 Å². The van der Waals surface area contributed by atoms with Gasteiger partial charge in [-0.3, -0.25) is 0 Å². The molecule has 0 aliphatic carbocycles. The lowest BCUT2D eigenvalue weighted by Crippen LogP contribution is -2.19. The van der Waals surface area contributed by atoms with Crippen LogP contribution in [0.2, 0.25) is 0 Å². The van der Waals surface area contributed by atoms with Gasteiger partial charge in [-0.1, -0.05) is 175 Å². The normalized spacial score (nSPS) is 12.1. The topological polar surface area (TPSA) is 16.4 Å². The molecule has 8 aromatic carbocycles. The molecular formula is C54H47NO. The largest absolute Gasteiger partial charge is 0.456 e. The van der Waals surface area contributed by atoms with Gasteiger partial charge in [-0.25, -0.2) is 0 Å². The maximum atomic E-state index is 6.28. The van der Waals surface area contributed by atoms with Crippen molar-refractivity contribution in [1.82, 2.24) is 0 Å². The number of fused-ring (bicyclic) bond motifs is 4. The first-order valence-corrected chi connectivity index (χ1v) is 19.7. The summed E-state index contributed by atoms with van der Waals surface area (Å²) in [6.07, 6.45) is 0. The number of nitrogens with zero attached hydrogens (tertiary/aromatic N) is 1. The van der Waals surface area contributed by atoms with Crippen molar-refractivity contribution in [2.24, 2.45) is 0 Å². The third-order valence-corrected chi connectivity index (χ3v) is 11.2. The van der Waals surface area contributed by atoms with Gasteiger partial charge in [0.2, 0.25) is 0 Å². The van der Waals surface area contributed by atoms with Gasteiger partial charge in [-0.2, -0.15) is 0 Å². The molecule has 0 saturated carbocycles. The highest BCUT2D eigenvalue weighted by atomic mass is 16.3. The predicted octanol–water partition coefficient (Wildman–Crippen LogP) is 15.8. The second kappa shape index (κ2) is 13.7. The Morgan fingerprint density at radius 2 is 0.946 bits per heavy atom. The highest BCUT2D eigenvalue weighted by Gasteiger charge is 2.27. The van der Waals surface area contributed by atoms with Gasteiger partial charge in [0.05, 0.1) is 11.4 Å². The molecule has 0 N–H and O–H groups in total. The Labute approximate surface area is 330 Å². The van der Waals surface area contributed by atoms with E-state index in [-0.39, 0.29) is 10.8 Å². The Morgan fingerprint density at radius 1 is 0.393 bits per heavy atom. The third kappa shape index (κ3) is 6.35. The number of para-hydroxylation sites is 3. The first-order chi connectivity index (χ1) is 27.0. The lowest BCUT2D eigenvalue weighted by Gasteiger charge is -2.33. The van der Waals surface area contributed by atoms with Crippen LogP contribution in [0.3, 0.4) is 0 Å². The van der Waals surface area contributed by atoms with Gasteiger partial charge in [0.1, 0.15) is 11.2 Å². The van der Waals surface area contributed by atoms with E-state index in [0.717, 1.165) is 50.1 Å². The number of benzene rings is 8. The summed E-state index contributed by atoms with van der Waals surface area (Å²) in [6, 6.07) is 64.2. The lowest BCUT2D eigenvalue weighted by atomic mass is 9.80. The molecule has 56 heavy (non-hydrogen) atoms. The predicted molar refractivity (Wildman–Crippen MR) is 240 cm³/mol. The summed E-state index contributed by atoms with van der Waals surface area (Å²) in [4.78, 5) is 2.51. The minimum absolute atomic E-state index is 0.0612. The van der Waals surface area contributed by atoms with E-state index in [9.17, 15) is 0 Å². The van der Waals surface area contributed by atoms with E-state index >= 15 is 0 Å². The van der Waals surface area contributed by atoms with Gasteiger partial charge < -0.3 is 9.32 Å². The zero-order valence-electron chi connectivity index (χ0n) is 33.1. The molecule has 0 bridgehead atoms. The van der Waals surface area contributed by atoms with Crippen molar-refractivity contribution < 1.29 is 4.42 Å². The third-order valence-electron chi connectivity index (χ3n) is 11.2. The van der Waals surface area contributed by atoms with Gasteiger partial charge in [0.15, 0.2) is 0 Å². The number of hydrogen-bond acceptors (Lipinski definition) is 2. The van der Waals surface area contributed by atoms with Crippen LogP contribution in [-0.2, 0) is 10.8 Å². The Balaban J connectivity index is 1.35. The second-order valence-corrected chi connectivity index (χ2v) is 17.0. The van der Waals surface area contributed by atoms with Gasteiger partial charge in [-0.05, 0) is 97.4 Å². The van der Waals surface area contributed by atoms with Crippen molar-refractivity contribution in [2.45, 2.75) is 52.4 Å². The van der Waals surface area contributed by atoms with Crippen LogP contribution in [0.5, 0.6) is 0 Å². The van der Waals surface area contributed by atoms with E-state index in [4.69, 9.17) is 4.42 Å². The summed E-state index contributed by atoms with van der Waals surface area (Å²) in [5, 5.41) is 4.71. The quantitative estimate of drug-likeness (QED) is 0.170. The van der Waals surface area contributed by atoms with E-state index in [1.807, 2.05) is 12.1 Å². The number of furan rings is 1. The second-order valence-electron chi connectivity index (χ2n) is 17.0. The molecule has 0 saturated heterocycles. The van der Waals surface area contributed by atoms with Crippen LogP contribution in [0.4, 0.5) is 17.1 Å². The molecule has 0 fully saturated rings. The summed E-state index contributed by atoms with van der Waals surface area (Å²) in [6.45, 7) is 13.9. The first-order valence-electron chi connectivity index (χ1n) is 19.7. The molecule has 0 unspecified atom stereocenters. The van der Waals surface area contributed by atoms with Gasteiger partial charge in [0.25, 0.3) is 0 Å². The van der Waals surface area contributed by atoms with Crippen LogP contribution >= 0.6 is 0 Å². The first kappa shape index (κ1) is 35.3. The number of rotatable bonds is 6. The maximum absolute atomic E-state index is 6.28. The van der Waals surface area contributed by atoms with Crippen LogP contribution in [0.1, 0.15) is 52.7 Å². The van der Waals surface area contributed by atoms with Crippen LogP contribution < -0.4 is 4.90 Å². The fourth-order valence-corrected chi connectivity index (χ4v) is 8.14. The summed E-state index contributed by atoms with van der Waals surface area (Å²) in [7, 11) is 0. The van der Waals surface area contributed by atoms with Crippen molar-refractivity contribution in [3.63, 3.8) is 0 Å². The maximum Gasteiger partial charge on any atom is 0.135 e. The van der Waals surface area contributed by atoms with Crippen LogP contribution in [-0.4, -0.2) is 0 Å². The van der Waals surface area contributed by atoms with Gasteiger partial charge in [-0.15, -0.1) is 0 Å². The Hall–Kier alpha value is -6.38.